The van der Waals surface area contributed by atoms with Crippen LogP contribution in [0, 0.1) is 11.6 Å². The van der Waals surface area contributed by atoms with Crippen molar-refractivity contribution < 1.29 is 22.0 Å². The van der Waals surface area contributed by atoms with Gasteiger partial charge in [-0.05, 0) is 25.0 Å². The van der Waals surface area contributed by atoms with E-state index in [1.165, 1.54) is 0 Å². The maximum Gasteiger partial charge on any atom is 0.389 e. The highest BCUT2D eigenvalue weighted by Gasteiger charge is 2.27. The summed E-state index contributed by atoms with van der Waals surface area (Å²) in [6.45, 7) is 0. The van der Waals surface area contributed by atoms with Crippen molar-refractivity contribution in [3.63, 3.8) is 0 Å². The van der Waals surface area contributed by atoms with E-state index >= 15 is 0 Å². The number of nitrogens with one attached hydrogen (secondary N) is 1. The maximum absolute atomic E-state index is 13.6. The van der Waals surface area contributed by atoms with Gasteiger partial charge >= 0.3 is 6.18 Å². The zero-order valence-electron chi connectivity index (χ0n) is 9.70. The van der Waals surface area contributed by atoms with Crippen LogP contribution in [-0.4, -0.2) is 6.18 Å². The van der Waals surface area contributed by atoms with E-state index in [4.69, 9.17) is 17.4 Å². The molecule has 2 nitrogen and oxygen atoms in total. The first-order chi connectivity index (χ1) is 8.74. The van der Waals surface area contributed by atoms with E-state index in [-0.39, 0.29) is 18.4 Å². The average molecular weight is 303 g/mol. The second-order valence-corrected chi connectivity index (χ2v) is 4.42. The quantitative estimate of drug-likeness (QED) is 0.375. The minimum absolute atomic E-state index is 0.0754. The molecule has 1 rings (SSSR count). The second kappa shape index (κ2) is 6.49. The number of hydrazine groups is 1. The summed E-state index contributed by atoms with van der Waals surface area (Å²) < 4.78 is 62.8. The van der Waals surface area contributed by atoms with Crippen molar-refractivity contribution in [3.05, 3.63) is 34.4 Å². The summed E-state index contributed by atoms with van der Waals surface area (Å²) in [4.78, 5) is 0. The Morgan fingerprint density at radius 2 is 1.84 bits per heavy atom. The molecule has 19 heavy (non-hydrogen) atoms. The first-order valence-corrected chi connectivity index (χ1v) is 5.79. The van der Waals surface area contributed by atoms with Crippen LogP contribution < -0.4 is 11.3 Å². The standard InChI is InChI=1S/C11H12ClF5N2/c12-7-5-8(13)6(4-9(7)14)10(19-18)2-1-3-11(15,16)17/h4-5,10,19H,1-3,18H2. The van der Waals surface area contributed by atoms with Gasteiger partial charge in [-0.2, -0.15) is 13.2 Å². The third kappa shape index (κ3) is 4.93. The first-order valence-electron chi connectivity index (χ1n) is 5.42. The lowest BCUT2D eigenvalue weighted by Crippen LogP contribution is -2.29. The summed E-state index contributed by atoms with van der Waals surface area (Å²) in [6, 6.07) is 0.685. The van der Waals surface area contributed by atoms with Crippen LogP contribution in [-0.2, 0) is 0 Å². The van der Waals surface area contributed by atoms with Crippen molar-refractivity contribution in [2.24, 2.45) is 5.84 Å². The fraction of sp³-hybridized carbons (Fsp3) is 0.455. The summed E-state index contributed by atoms with van der Waals surface area (Å²) in [6.07, 6.45) is -5.62. The van der Waals surface area contributed by atoms with E-state index in [9.17, 15) is 22.0 Å². The number of alkyl halides is 3. The van der Waals surface area contributed by atoms with Gasteiger partial charge in [-0.3, -0.25) is 11.3 Å². The monoisotopic (exact) mass is 302 g/mol. The molecule has 1 atom stereocenters. The van der Waals surface area contributed by atoms with Gasteiger partial charge in [0.2, 0.25) is 0 Å². The van der Waals surface area contributed by atoms with E-state index in [1.807, 2.05) is 0 Å². The number of halogens is 6. The van der Waals surface area contributed by atoms with Gasteiger partial charge in [-0.15, -0.1) is 0 Å². The number of hydrogen-bond donors (Lipinski definition) is 2. The minimum Gasteiger partial charge on any atom is -0.271 e. The molecule has 108 valence electrons. The second-order valence-electron chi connectivity index (χ2n) is 4.01. The Balaban J connectivity index is 2.77. The molecule has 1 aromatic rings. The molecule has 0 aliphatic carbocycles. The lowest BCUT2D eigenvalue weighted by Gasteiger charge is -2.18. The van der Waals surface area contributed by atoms with Crippen LogP contribution in [0.15, 0.2) is 12.1 Å². The molecule has 0 spiro atoms. The zero-order chi connectivity index (χ0) is 14.6. The normalized spacial score (nSPS) is 13.6. The summed E-state index contributed by atoms with van der Waals surface area (Å²) in [5, 5.41) is -0.396. The van der Waals surface area contributed by atoms with Gasteiger partial charge in [-0.25, -0.2) is 8.78 Å². The Labute approximate surface area is 111 Å². The van der Waals surface area contributed by atoms with Crippen LogP contribution in [0.4, 0.5) is 22.0 Å². The zero-order valence-corrected chi connectivity index (χ0v) is 10.5. The van der Waals surface area contributed by atoms with Crippen LogP contribution in [0.5, 0.6) is 0 Å². The van der Waals surface area contributed by atoms with Crippen LogP contribution in [0.2, 0.25) is 5.02 Å². The molecule has 0 bridgehead atoms. The van der Waals surface area contributed by atoms with Gasteiger partial charge in [0.25, 0.3) is 0 Å². The number of nitrogens with two attached hydrogens (primary N) is 1. The molecular weight excluding hydrogens is 291 g/mol. The predicted molar refractivity (Wildman–Crippen MR) is 61.3 cm³/mol. The Morgan fingerprint density at radius 1 is 1.21 bits per heavy atom. The third-order valence-corrected chi connectivity index (χ3v) is 2.86. The molecule has 0 fully saturated rings. The molecule has 3 N–H and O–H groups in total. The number of benzene rings is 1. The highest BCUT2D eigenvalue weighted by Crippen LogP contribution is 2.29. The van der Waals surface area contributed by atoms with Crippen LogP contribution in [0.3, 0.4) is 0 Å². The van der Waals surface area contributed by atoms with E-state index < -0.39 is 35.3 Å². The predicted octanol–water partition coefficient (Wildman–Crippen LogP) is 3.86. The molecule has 0 saturated heterocycles. The molecule has 0 aliphatic rings. The Hall–Kier alpha value is -0.920. The van der Waals surface area contributed by atoms with Crippen LogP contribution in [0.1, 0.15) is 30.9 Å². The van der Waals surface area contributed by atoms with Crippen molar-refractivity contribution in [1.82, 2.24) is 5.43 Å². The largest absolute Gasteiger partial charge is 0.389 e. The lowest BCUT2D eigenvalue weighted by atomic mass is 10.0. The average Bonchev–Trinajstić information content (AvgIpc) is 2.29. The molecule has 1 unspecified atom stereocenters. The summed E-state index contributed by atoms with van der Waals surface area (Å²) in [5.74, 6) is 3.49. The molecular formula is C11H12ClF5N2. The Kier molecular flexibility index (Phi) is 5.51. The van der Waals surface area contributed by atoms with Crippen molar-refractivity contribution in [2.75, 3.05) is 0 Å². The van der Waals surface area contributed by atoms with Gasteiger partial charge in [-0.1, -0.05) is 11.6 Å². The minimum atomic E-state index is -4.29. The Morgan fingerprint density at radius 3 is 2.37 bits per heavy atom. The molecule has 0 saturated carbocycles. The van der Waals surface area contributed by atoms with Gasteiger partial charge in [0, 0.05) is 18.0 Å². The van der Waals surface area contributed by atoms with Crippen molar-refractivity contribution in [3.8, 4) is 0 Å². The smallest absolute Gasteiger partial charge is 0.271 e. The molecule has 0 aliphatic heterocycles. The fourth-order valence-electron chi connectivity index (χ4n) is 1.64. The Bertz CT molecular complexity index is 436. The summed E-state index contributed by atoms with van der Waals surface area (Å²) in [5.41, 5.74) is 2.03. The van der Waals surface area contributed by atoms with E-state index in [1.54, 1.807) is 0 Å². The molecule has 0 aromatic heterocycles. The van der Waals surface area contributed by atoms with Gasteiger partial charge in [0.15, 0.2) is 0 Å². The van der Waals surface area contributed by atoms with Gasteiger partial charge in [0.1, 0.15) is 11.6 Å². The highest BCUT2D eigenvalue weighted by molar-refractivity contribution is 6.30. The molecule has 0 heterocycles. The van der Waals surface area contributed by atoms with Crippen LogP contribution >= 0.6 is 11.6 Å². The molecule has 1 aromatic carbocycles. The van der Waals surface area contributed by atoms with Crippen molar-refractivity contribution in [1.29, 1.82) is 0 Å². The molecule has 0 amide bonds. The van der Waals surface area contributed by atoms with E-state index in [0.717, 1.165) is 12.1 Å². The third-order valence-electron chi connectivity index (χ3n) is 2.57. The maximum atomic E-state index is 13.6. The van der Waals surface area contributed by atoms with Gasteiger partial charge in [0.05, 0.1) is 5.02 Å². The SMILES string of the molecule is NNC(CCCC(F)(F)F)c1cc(F)c(Cl)cc1F. The number of hydrogen-bond acceptors (Lipinski definition) is 2. The number of rotatable bonds is 5. The lowest BCUT2D eigenvalue weighted by molar-refractivity contribution is -0.135. The summed E-state index contributed by atoms with van der Waals surface area (Å²) in [7, 11) is 0. The van der Waals surface area contributed by atoms with Crippen molar-refractivity contribution >= 4 is 11.6 Å². The fourth-order valence-corrected chi connectivity index (χ4v) is 1.79. The molecule has 0 radical (unpaired) electrons. The van der Waals surface area contributed by atoms with Gasteiger partial charge < -0.3 is 0 Å². The highest BCUT2D eigenvalue weighted by atomic mass is 35.5. The van der Waals surface area contributed by atoms with E-state index in [2.05, 4.69) is 5.43 Å². The topological polar surface area (TPSA) is 38.0 Å². The first kappa shape index (κ1) is 16.1. The summed E-state index contributed by atoms with van der Waals surface area (Å²) >= 11 is 5.38. The van der Waals surface area contributed by atoms with Crippen LogP contribution in [0.25, 0.3) is 0 Å². The van der Waals surface area contributed by atoms with E-state index in [0.29, 0.717) is 0 Å². The molecule has 8 heteroatoms. The van der Waals surface area contributed by atoms with Crippen molar-refractivity contribution in [2.45, 2.75) is 31.5 Å².